The Hall–Kier alpha value is -2.75. The van der Waals surface area contributed by atoms with Crippen molar-refractivity contribution in [2.24, 2.45) is 0 Å². The van der Waals surface area contributed by atoms with Gasteiger partial charge in [0.2, 0.25) is 0 Å². The average Bonchev–Trinajstić information content (AvgIpc) is 2.59. The van der Waals surface area contributed by atoms with Crippen molar-refractivity contribution in [3.8, 4) is 11.5 Å². The van der Waals surface area contributed by atoms with Crippen LogP contribution in [0, 0.1) is 0 Å². The van der Waals surface area contributed by atoms with Gasteiger partial charge in [-0.25, -0.2) is 0 Å². The Balaban J connectivity index is 2.03. The predicted octanol–water partition coefficient (Wildman–Crippen LogP) is 4.68. The van der Waals surface area contributed by atoms with Crippen molar-refractivity contribution in [3.63, 3.8) is 0 Å². The third-order valence-electron chi connectivity index (χ3n) is 3.19. The van der Waals surface area contributed by atoms with Gasteiger partial charge in [0, 0.05) is 5.69 Å². The molecule has 0 unspecified atom stereocenters. The predicted molar refractivity (Wildman–Crippen MR) is 96.9 cm³/mol. The highest BCUT2D eigenvalue weighted by Crippen LogP contribution is 2.21. The van der Waals surface area contributed by atoms with E-state index in [1.807, 2.05) is 38.1 Å². The number of rotatable bonds is 8. The van der Waals surface area contributed by atoms with Crippen molar-refractivity contribution < 1.29 is 14.3 Å². The van der Waals surface area contributed by atoms with Gasteiger partial charge < -0.3 is 14.8 Å². The quantitative estimate of drug-likeness (QED) is 0.717. The lowest BCUT2D eigenvalue weighted by atomic mass is 10.2. The Bertz CT molecular complexity index is 692. The number of hydrogen-bond acceptors (Lipinski definition) is 3. The highest BCUT2D eigenvalue weighted by Gasteiger charge is 2.12. The number of amides is 1. The molecule has 0 saturated heterocycles. The fourth-order valence-corrected chi connectivity index (χ4v) is 2.03. The Labute approximate surface area is 143 Å². The summed E-state index contributed by atoms with van der Waals surface area (Å²) >= 11 is 0. The van der Waals surface area contributed by atoms with Crippen LogP contribution in [0.2, 0.25) is 0 Å². The summed E-state index contributed by atoms with van der Waals surface area (Å²) in [6.07, 6.45) is 0.890. The van der Waals surface area contributed by atoms with Crippen LogP contribution in [0.4, 0.5) is 5.69 Å². The van der Waals surface area contributed by atoms with Gasteiger partial charge in [-0.05, 0) is 55.3 Å². The van der Waals surface area contributed by atoms with Crippen LogP contribution in [0.3, 0.4) is 0 Å². The summed E-state index contributed by atoms with van der Waals surface area (Å²) in [4.78, 5) is 12.5. The van der Waals surface area contributed by atoms with Gasteiger partial charge in [-0.2, -0.15) is 0 Å². The zero-order valence-corrected chi connectivity index (χ0v) is 14.2. The molecule has 2 rings (SSSR count). The molecule has 126 valence electrons. The smallest absolute Gasteiger partial charge is 0.259 e. The number of para-hydroxylation sites is 1. The molecule has 0 aliphatic carbocycles. The van der Waals surface area contributed by atoms with Crippen LogP contribution in [0.5, 0.6) is 11.5 Å². The minimum absolute atomic E-state index is 0.197. The summed E-state index contributed by atoms with van der Waals surface area (Å²) in [6, 6.07) is 14.5. The molecule has 4 heteroatoms. The molecule has 0 radical (unpaired) electrons. The fourth-order valence-electron chi connectivity index (χ4n) is 2.03. The zero-order chi connectivity index (χ0) is 17.4. The third kappa shape index (κ3) is 5.16. The van der Waals surface area contributed by atoms with E-state index in [1.54, 1.807) is 24.3 Å². The van der Waals surface area contributed by atoms with E-state index in [0.29, 0.717) is 30.2 Å². The highest BCUT2D eigenvalue weighted by atomic mass is 16.5. The van der Waals surface area contributed by atoms with E-state index in [0.717, 1.165) is 17.7 Å². The normalized spacial score (nSPS) is 10.1. The number of benzene rings is 2. The molecule has 1 N–H and O–H groups in total. The molecule has 0 fully saturated rings. The number of carbonyl (C=O) groups is 1. The number of nitrogens with one attached hydrogen (secondary N) is 1. The van der Waals surface area contributed by atoms with E-state index in [2.05, 4.69) is 11.9 Å². The first-order valence-electron chi connectivity index (χ1n) is 8.00. The third-order valence-corrected chi connectivity index (χ3v) is 3.19. The van der Waals surface area contributed by atoms with Crippen LogP contribution in [-0.4, -0.2) is 19.1 Å². The topological polar surface area (TPSA) is 47.6 Å². The van der Waals surface area contributed by atoms with E-state index in [4.69, 9.17) is 9.47 Å². The minimum atomic E-state index is -0.197. The molecule has 0 saturated carbocycles. The summed E-state index contributed by atoms with van der Waals surface area (Å²) in [7, 11) is 0. The lowest BCUT2D eigenvalue weighted by Crippen LogP contribution is -2.13. The molecular formula is C20H23NO3. The van der Waals surface area contributed by atoms with Gasteiger partial charge in [-0.1, -0.05) is 25.6 Å². The Kier molecular flexibility index (Phi) is 6.43. The van der Waals surface area contributed by atoms with Crippen molar-refractivity contribution >= 4 is 11.6 Å². The summed E-state index contributed by atoms with van der Waals surface area (Å²) < 4.78 is 11.2. The Morgan fingerprint density at radius 3 is 2.46 bits per heavy atom. The van der Waals surface area contributed by atoms with Crippen molar-refractivity contribution in [2.45, 2.75) is 20.3 Å². The van der Waals surface area contributed by atoms with E-state index in [1.165, 1.54) is 0 Å². The molecule has 24 heavy (non-hydrogen) atoms. The molecule has 4 nitrogen and oxygen atoms in total. The molecule has 2 aromatic carbocycles. The van der Waals surface area contributed by atoms with Crippen LogP contribution in [0.25, 0.3) is 0 Å². The van der Waals surface area contributed by atoms with Crippen molar-refractivity contribution in [2.75, 3.05) is 18.5 Å². The first-order valence-corrected chi connectivity index (χ1v) is 8.00. The van der Waals surface area contributed by atoms with Crippen molar-refractivity contribution in [1.82, 2.24) is 0 Å². The molecule has 1 amide bonds. The summed E-state index contributed by atoms with van der Waals surface area (Å²) in [5.41, 5.74) is 2.18. The van der Waals surface area contributed by atoms with E-state index >= 15 is 0 Å². The first-order chi connectivity index (χ1) is 11.6. The van der Waals surface area contributed by atoms with E-state index in [9.17, 15) is 4.79 Å². The van der Waals surface area contributed by atoms with Crippen LogP contribution < -0.4 is 14.8 Å². The Morgan fingerprint density at radius 2 is 1.79 bits per heavy atom. The number of anilines is 1. The summed E-state index contributed by atoms with van der Waals surface area (Å²) in [5, 5.41) is 2.88. The van der Waals surface area contributed by atoms with Gasteiger partial charge in [0.25, 0.3) is 5.91 Å². The van der Waals surface area contributed by atoms with Gasteiger partial charge in [0.05, 0.1) is 12.2 Å². The second kappa shape index (κ2) is 8.77. The van der Waals surface area contributed by atoms with E-state index < -0.39 is 0 Å². The first kappa shape index (κ1) is 17.6. The van der Waals surface area contributed by atoms with Crippen LogP contribution >= 0.6 is 0 Å². The van der Waals surface area contributed by atoms with Gasteiger partial charge >= 0.3 is 0 Å². The standard InChI is InChI=1S/C20H23NO3/c1-4-13-23-19-8-6-5-7-18(19)20(22)21-16-9-11-17(12-10-16)24-14-15(2)3/h5-12H,2,4,13-14H2,1,3H3,(H,21,22). The summed E-state index contributed by atoms with van der Waals surface area (Å²) in [5.74, 6) is 1.14. The fraction of sp³-hybridized carbons (Fsp3) is 0.250. The lowest BCUT2D eigenvalue weighted by Gasteiger charge is -2.11. The highest BCUT2D eigenvalue weighted by molar-refractivity contribution is 6.06. The molecule has 0 bridgehead atoms. The molecule has 0 spiro atoms. The largest absolute Gasteiger partial charge is 0.493 e. The number of hydrogen-bond donors (Lipinski definition) is 1. The van der Waals surface area contributed by atoms with Gasteiger partial charge in [0.1, 0.15) is 18.1 Å². The minimum Gasteiger partial charge on any atom is -0.493 e. The SMILES string of the molecule is C=C(C)COc1ccc(NC(=O)c2ccccc2OCCC)cc1. The van der Waals surface area contributed by atoms with Crippen LogP contribution in [0.15, 0.2) is 60.7 Å². The zero-order valence-electron chi connectivity index (χ0n) is 14.2. The Morgan fingerprint density at radius 1 is 1.08 bits per heavy atom. The van der Waals surface area contributed by atoms with Gasteiger partial charge in [-0.3, -0.25) is 4.79 Å². The molecule has 0 atom stereocenters. The second-order valence-electron chi connectivity index (χ2n) is 5.57. The van der Waals surface area contributed by atoms with Crippen molar-refractivity contribution in [3.05, 3.63) is 66.2 Å². The van der Waals surface area contributed by atoms with Crippen molar-refractivity contribution in [1.29, 1.82) is 0 Å². The maximum atomic E-state index is 12.5. The van der Waals surface area contributed by atoms with E-state index in [-0.39, 0.29) is 5.91 Å². The van der Waals surface area contributed by atoms with Crippen LogP contribution in [-0.2, 0) is 0 Å². The van der Waals surface area contributed by atoms with Gasteiger partial charge in [-0.15, -0.1) is 0 Å². The lowest BCUT2D eigenvalue weighted by molar-refractivity contribution is 0.102. The average molecular weight is 325 g/mol. The maximum Gasteiger partial charge on any atom is 0.259 e. The molecule has 0 heterocycles. The number of carbonyl (C=O) groups excluding carboxylic acids is 1. The molecular weight excluding hydrogens is 302 g/mol. The van der Waals surface area contributed by atoms with Crippen LogP contribution in [0.1, 0.15) is 30.6 Å². The summed E-state index contributed by atoms with van der Waals surface area (Å²) in [6.45, 7) is 8.80. The molecule has 0 aliphatic heterocycles. The maximum absolute atomic E-state index is 12.5. The van der Waals surface area contributed by atoms with Gasteiger partial charge in [0.15, 0.2) is 0 Å². The monoisotopic (exact) mass is 325 g/mol. The second-order valence-corrected chi connectivity index (χ2v) is 5.57. The molecule has 0 aromatic heterocycles. The number of ether oxygens (including phenoxy) is 2. The molecule has 2 aromatic rings. The molecule has 0 aliphatic rings.